The number of carbonyl (C=O) groups excluding carboxylic acids is 1. The van der Waals surface area contributed by atoms with Crippen LogP contribution in [0.15, 0.2) is 35.3 Å². The van der Waals surface area contributed by atoms with E-state index >= 15 is 0 Å². The fraction of sp³-hybridized carbons (Fsp3) is 0.667. The lowest BCUT2D eigenvalue weighted by Crippen LogP contribution is -2.48. The van der Waals surface area contributed by atoms with Crippen molar-refractivity contribution in [1.82, 2.24) is 16.0 Å². The Morgan fingerprint density at radius 3 is 2.28 bits per heavy atom. The summed E-state index contributed by atoms with van der Waals surface area (Å²) in [4.78, 5) is 16.4. The van der Waals surface area contributed by atoms with E-state index in [-0.39, 0.29) is 42.2 Å². The van der Waals surface area contributed by atoms with E-state index in [4.69, 9.17) is 9.47 Å². The highest BCUT2D eigenvalue weighted by Gasteiger charge is 2.30. The SMILES string of the molecule is CN=C(NCC1CCOC1c1ccccc1)NC1CCC(NC(=O)OC(C)(C)C)CC1.I. The molecule has 0 aromatic heterocycles. The second kappa shape index (κ2) is 12.6. The summed E-state index contributed by atoms with van der Waals surface area (Å²) in [6.45, 7) is 7.27. The molecule has 1 aromatic carbocycles. The zero-order chi connectivity index (χ0) is 22.3. The minimum absolute atomic E-state index is 0. The average Bonchev–Trinajstić information content (AvgIpc) is 3.20. The Balaban J connectivity index is 0.00000363. The van der Waals surface area contributed by atoms with Gasteiger partial charge in [0.1, 0.15) is 5.60 Å². The van der Waals surface area contributed by atoms with Crippen LogP contribution in [0.25, 0.3) is 0 Å². The maximum atomic E-state index is 12.0. The molecule has 0 radical (unpaired) electrons. The maximum absolute atomic E-state index is 12.0. The molecule has 1 saturated heterocycles. The lowest BCUT2D eigenvalue weighted by atomic mass is 9.91. The molecule has 1 aromatic rings. The molecule has 1 heterocycles. The van der Waals surface area contributed by atoms with Crippen LogP contribution in [0.3, 0.4) is 0 Å². The highest BCUT2D eigenvalue weighted by Crippen LogP contribution is 2.33. The maximum Gasteiger partial charge on any atom is 0.407 e. The van der Waals surface area contributed by atoms with Crippen molar-refractivity contribution in [3.63, 3.8) is 0 Å². The Bertz CT molecular complexity index is 731. The summed E-state index contributed by atoms with van der Waals surface area (Å²) < 4.78 is 11.4. The highest BCUT2D eigenvalue weighted by atomic mass is 127. The molecule has 180 valence electrons. The third-order valence-corrected chi connectivity index (χ3v) is 5.89. The van der Waals surface area contributed by atoms with Crippen LogP contribution in [0.2, 0.25) is 0 Å². The Morgan fingerprint density at radius 1 is 1.06 bits per heavy atom. The van der Waals surface area contributed by atoms with Gasteiger partial charge in [0.05, 0.1) is 6.10 Å². The number of hydrogen-bond acceptors (Lipinski definition) is 4. The third kappa shape index (κ3) is 8.42. The number of benzene rings is 1. The molecule has 2 unspecified atom stereocenters. The summed E-state index contributed by atoms with van der Waals surface area (Å²) in [6, 6.07) is 11.0. The number of nitrogens with one attached hydrogen (secondary N) is 3. The minimum Gasteiger partial charge on any atom is -0.444 e. The van der Waals surface area contributed by atoms with Crippen LogP contribution in [0.5, 0.6) is 0 Å². The summed E-state index contributed by atoms with van der Waals surface area (Å²) >= 11 is 0. The quantitative estimate of drug-likeness (QED) is 0.284. The van der Waals surface area contributed by atoms with Gasteiger partial charge in [-0.3, -0.25) is 4.99 Å². The summed E-state index contributed by atoms with van der Waals surface area (Å²) in [7, 11) is 1.81. The number of nitrogens with zero attached hydrogens (tertiary/aromatic N) is 1. The molecule has 3 rings (SSSR count). The van der Waals surface area contributed by atoms with Gasteiger partial charge in [-0.15, -0.1) is 24.0 Å². The summed E-state index contributed by atoms with van der Waals surface area (Å²) in [5, 5.41) is 10.0. The number of aliphatic imine (C=N–C) groups is 1. The van der Waals surface area contributed by atoms with Gasteiger partial charge in [-0.1, -0.05) is 30.3 Å². The largest absolute Gasteiger partial charge is 0.444 e. The number of alkyl carbamates (subject to hydrolysis) is 1. The van der Waals surface area contributed by atoms with Crippen molar-refractivity contribution >= 4 is 36.0 Å². The van der Waals surface area contributed by atoms with E-state index < -0.39 is 5.60 Å². The molecule has 2 fully saturated rings. The van der Waals surface area contributed by atoms with Crippen LogP contribution in [0.4, 0.5) is 4.79 Å². The number of amides is 1. The summed E-state index contributed by atoms with van der Waals surface area (Å²) in [5.41, 5.74) is 0.774. The van der Waals surface area contributed by atoms with E-state index in [1.165, 1.54) is 5.56 Å². The molecule has 0 spiro atoms. The highest BCUT2D eigenvalue weighted by molar-refractivity contribution is 14.0. The molecule has 7 nitrogen and oxygen atoms in total. The van der Waals surface area contributed by atoms with Gasteiger partial charge in [-0.05, 0) is 58.4 Å². The van der Waals surface area contributed by atoms with Crippen LogP contribution >= 0.6 is 24.0 Å². The van der Waals surface area contributed by atoms with E-state index in [1.807, 2.05) is 33.9 Å². The minimum atomic E-state index is -0.467. The lowest BCUT2D eigenvalue weighted by Gasteiger charge is -2.31. The molecule has 2 aliphatic rings. The second-order valence-corrected chi connectivity index (χ2v) is 9.54. The van der Waals surface area contributed by atoms with Gasteiger partial charge in [-0.2, -0.15) is 0 Å². The standard InChI is InChI=1S/C24H38N4O3.HI/c1-24(2,3)31-23(29)28-20-12-10-19(11-13-20)27-22(25-4)26-16-18-14-15-30-21(18)17-8-6-5-7-9-17;/h5-9,18-21H,10-16H2,1-4H3,(H,28,29)(H2,25,26,27);1H. The predicted octanol–water partition coefficient (Wildman–Crippen LogP) is 4.38. The van der Waals surface area contributed by atoms with Gasteiger partial charge in [0.15, 0.2) is 5.96 Å². The fourth-order valence-electron chi connectivity index (χ4n) is 4.33. The molecule has 2 atom stereocenters. The first-order valence-electron chi connectivity index (χ1n) is 11.5. The van der Waals surface area contributed by atoms with Crippen LogP contribution in [0.1, 0.15) is 64.5 Å². The normalized spacial score (nSPS) is 26.1. The number of rotatable bonds is 5. The third-order valence-electron chi connectivity index (χ3n) is 5.89. The second-order valence-electron chi connectivity index (χ2n) is 9.54. The van der Waals surface area contributed by atoms with Gasteiger partial charge in [0, 0.05) is 38.2 Å². The molecule has 1 aliphatic heterocycles. The summed E-state index contributed by atoms with van der Waals surface area (Å²) in [6.07, 6.45) is 4.70. The van der Waals surface area contributed by atoms with Crippen LogP contribution in [-0.4, -0.2) is 49.9 Å². The van der Waals surface area contributed by atoms with E-state index in [0.29, 0.717) is 12.0 Å². The molecule has 0 bridgehead atoms. The van der Waals surface area contributed by atoms with Crippen LogP contribution < -0.4 is 16.0 Å². The van der Waals surface area contributed by atoms with Crippen molar-refractivity contribution in [3.8, 4) is 0 Å². The van der Waals surface area contributed by atoms with Crippen molar-refractivity contribution in [2.45, 2.75) is 76.7 Å². The zero-order valence-corrected chi connectivity index (χ0v) is 22.1. The molecule has 32 heavy (non-hydrogen) atoms. The van der Waals surface area contributed by atoms with Crippen LogP contribution in [-0.2, 0) is 9.47 Å². The Kier molecular flexibility index (Phi) is 10.5. The Hall–Kier alpha value is -1.55. The van der Waals surface area contributed by atoms with Crippen molar-refractivity contribution < 1.29 is 14.3 Å². The number of carbonyl (C=O) groups is 1. The van der Waals surface area contributed by atoms with Gasteiger partial charge < -0.3 is 25.4 Å². The number of hydrogen-bond donors (Lipinski definition) is 3. The first-order valence-corrected chi connectivity index (χ1v) is 11.5. The molecule has 1 saturated carbocycles. The molecule has 8 heteroatoms. The molecule has 1 aliphatic carbocycles. The number of ether oxygens (including phenoxy) is 2. The zero-order valence-electron chi connectivity index (χ0n) is 19.7. The number of halogens is 1. The van der Waals surface area contributed by atoms with E-state index in [1.54, 1.807) is 0 Å². The van der Waals surface area contributed by atoms with Gasteiger partial charge in [0.25, 0.3) is 0 Å². The van der Waals surface area contributed by atoms with Gasteiger partial charge in [-0.25, -0.2) is 4.79 Å². The lowest BCUT2D eigenvalue weighted by molar-refractivity contribution is 0.0490. The molecule has 1 amide bonds. The molecule has 3 N–H and O–H groups in total. The van der Waals surface area contributed by atoms with E-state index in [2.05, 4.69) is 45.2 Å². The van der Waals surface area contributed by atoms with Crippen LogP contribution in [0, 0.1) is 5.92 Å². The van der Waals surface area contributed by atoms with Crippen molar-refractivity contribution in [2.75, 3.05) is 20.2 Å². The number of guanidine groups is 1. The first kappa shape index (κ1) is 26.7. The smallest absolute Gasteiger partial charge is 0.407 e. The van der Waals surface area contributed by atoms with E-state index in [0.717, 1.165) is 51.2 Å². The average molecular weight is 559 g/mol. The Morgan fingerprint density at radius 2 is 1.69 bits per heavy atom. The first-order chi connectivity index (χ1) is 14.8. The molecular formula is C24H39IN4O3. The van der Waals surface area contributed by atoms with Crippen molar-refractivity contribution in [3.05, 3.63) is 35.9 Å². The van der Waals surface area contributed by atoms with Crippen molar-refractivity contribution in [1.29, 1.82) is 0 Å². The molecular weight excluding hydrogens is 519 g/mol. The van der Waals surface area contributed by atoms with Crippen molar-refractivity contribution in [2.24, 2.45) is 10.9 Å². The Labute approximate surface area is 209 Å². The summed E-state index contributed by atoms with van der Waals surface area (Å²) in [5.74, 6) is 1.26. The topological polar surface area (TPSA) is 84.0 Å². The van der Waals surface area contributed by atoms with Gasteiger partial charge >= 0.3 is 6.09 Å². The monoisotopic (exact) mass is 558 g/mol. The van der Waals surface area contributed by atoms with E-state index in [9.17, 15) is 4.79 Å². The predicted molar refractivity (Wildman–Crippen MR) is 139 cm³/mol. The van der Waals surface area contributed by atoms with Gasteiger partial charge in [0.2, 0.25) is 0 Å². The fourth-order valence-corrected chi connectivity index (χ4v) is 4.33.